The highest BCUT2D eigenvalue weighted by Gasteiger charge is 1.98. The highest BCUT2D eigenvalue weighted by atomic mass is 31.0. The number of hydrogen-bond acceptors (Lipinski definition) is 2. The van der Waals surface area contributed by atoms with E-state index in [1.807, 2.05) is 48.5 Å². The summed E-state index contributed by atoms with van der Waals surface area (Å²) in [5.74, 6) is 0.187. The van der Waals surface area contributed by atoms with Gasteiger partial charge in [-0.3, -0.25) is 4.79 Å². The molecular weight excluding hydrogens is 241 g/mol. The third kappa shape index (κ3) is 3.68. The van der Waals surface area contributed by atoms with Gasteiger partial charge in [-0.1, -0.05) is 24.3 Å². The minimum absolute atomic E-state index is 0.187. The smallest absolute Gasteiger partial charge is 0.134 e. The van der Waals surface area contributed by atoms with Crippen LogP contribution in [0.4, 0.5) is 11.4 Å². The minimum atomic E-state index is 0.187. The predicted molar refractivity (Wildman–Crippen MR) is 79.9 cm³/mol. The molecule has 1 atom stereocenters. The van der Waals surface area contributed by atoms with Crippen LogP contribution < -0.4 is 10.6 Å². The zero-order chi connectivity index (χ0) is 13.0. The third-order valence-corrected chi connectivity index (χ3v) is 2.99. The van der Waals surface area contributed by atoms with Crippen molar-refractivity contribution in [1.29, 1.82) is 0 Å². The fraction of sp³-hybridized carbons (Fsp3) is 0.133. The maximum absolute atomic E-state index is 11.0. The molecule has 1 N–H and O–H groups in total. The molecule has 0 saturated carbocycles. The van der Waals surface area contributed by atoms with E-state index in [0.29, 0.717) is 6.42 Å². The van der Waals surface area contributed by atoms with Crippen molar-refractivity contribution in [2.45, 2.75) is 13.3 Å². The molecule has 0 aliphatic rings. The molecule has 0 aliphatic heterocycles. The van der Waals surface area contributed by atoms with Crippen molar-refractivity contribution in [2.75, 3.05) is 5.32 Å². The number of carbonyl (C=O) groups excluding carboxylic acids is 1. The third-order valence-electron chi connectivity index (χ3n) is 2.61. The van der Waals surface area contributed by atoms with Crippen LogP contribution in [0.25, 0.3) is 0 Å². The van der Waals surface area contributed by atoms with Gasteiger partial charge in [0, 0.05) is 17.8 Å². The number of Topliss-reactive ketones (excluding diaryl/α,β-unsaturated/α-hetero) is 1. The standard InChI is InChI=1S/C15H16NOP/c1-11(17)10-12-2-4-13(5-3-12)16-14-6-8-15(18)9-7-14/h2-9,16H,10,18H2,1H3. The Morgan fingerprint density at radius 1 is 1.00 bits per heavy atom. The maximum atomic E-state index is 11.0. The van der Waals surface area contributed by atoms with Crippen LogP contribution in [0.3, 0.4) is 0 Å². The van der Waals surface area contributed by atoms with Gasteiger partial charge in [-0.25, -0.2) is 0 Å². The fourth-order valence-corrected chi connectivity index (χ4v) is 1.92. The molecule has 0 aromatic heterocycles. The molecule has 0 aliphatic carbocycles. The molecule has 18 heavy (non-hydrogen) atoms. The Morgan fingerprint density at radius 2 is 1.50 bits per heavy atom. The number of benzene rings is 2. The second-order valence-corrected chi connectivity index (χ2v) is 4.99. The van der Waals surface area contributed by atoms with Crippen LogP contribution in [0.1, 0.15) is 12.5 Å². The monoisotopic (exact) mass is 257 g/mol. The molecule has 0 amide bonds. The number of ketones is 1. The van der Waals surface area contributed by atoms with E-state index in [1.165, 1.54) is 0 Å². The zero-order valence-electron chi connectivity index (χ0n) is 10.3. The van der Waals surface area contributed by atoms with Crippen LogP contribution >= 0.6 is 9.24 Å². The maximum Gasteiger partial charge on any atom is 0.134 e. The molecule has 0 saturated heterocycles. The van der Waals surface area contributed by atoms with Crippen LogP contribution in [-0.4, -0.2) is 5.78 Å². The second-order valence-electron chi connectivity index (χ2n) is 4.32. The molecule has 0 fully saturated rings. The van der Waals surface area contributed by atoms with Gasteiger partial charge in [-0.15, -0.1) is 9.24 Å². The zero-order valence-corrected chi connectivity index (χ0v) is 11.5. The van der Waals surface area contributed by atoms with Crippen molar-refractivity contribution in [3.8, 4) is 0 Å². The minimum Gasteiger partial charge on any atom is -0.356 e. The summed E-state index contributed by atoms with van der Waals surface area (Å²) in [5.41, 5.74) is 3.13. The van der Waals surface area contributed by atoms with Crippen molar-refractivity contribution < 1.29 is 4.79 Å². The average Bonchev–Trinajstić information content (AvgIpc) is 2.34. The van der Waals surface area contributed by atoms with Gasteiger partial charge in [-0.2, -0.15) is 0 Å². The fourth-order valence-electron chi connectivity index (χ4n) is 1.73. The Bertz CT molecular complexity index is 531. The van der Waals surface area contributed by atoms with Crippen LogP contribution in [0.15, 0.2) is 48.5 Å². The van der Waals surface area contributed by atoms with Crippen molar-refractivity contribution in [2.24, 2.45) is 0 Å². The lowest BCUT2D eigenvalue weighted by Crippen LogP contribution is -1.97. The van der Waals surface area contributed by atoms with Crippen LogP contribution in [0.2, 0.25) is 0 Å². The lowest BCUT2D eigenvalue weighted by molar-refractivity contribution is -0.116. The Hall–Kier alpha value is -1.66. The average molecular weight is 257 g/mol. The van der Waals surface area contributed by atoms with E-state index in [-0.39, 0.29) is 5.78 Å². The quantitative estimate of drug-likeness (QED) is 0.853. The van der Waals surface area contributed by atoms with Crippen LogP contribution in [0, 0.1) is 0 Å². The first-order chi connectivity index (χ1) is 8.63. The van der Waals surface area contributed by atoms with Gasteiger partial charge in [-0.05, 0) is 42.1 Å². The summed E-state index contributed by atoms with van der Waals surface area (Å²) in [5, 5.41) is 4.48. The first-order valence-electron chi connectivity index (χ1n) is 5.84. The topological polar surface area (TPSA) is 29.1 Å². The highest BCUT2D eigenvalue weighted by Crippen LogP contribution is 2.16. The normalized spacial score (nSPS) is 10.1. The molecular formula is C15H16NOP. The van der Waals surface area contributed by atoms with E-state index >= 15 is 0 Å². The van der Waals surface area contributed by atoms with Gasteiger partial charge in [0.15, 0.2) is 0 Å². The lowest BCUT2D eigenvalue weighted by Gasteiger charge is -2.07. The number of nitrogens with one attached hydrogen (secondary N) is 1. The summed E-state index contributed by atoms with van der Waals surface area (Å²) in [6.07, 6.45) is 0.502. The van der Waals surface area contributed by atoms with E-state index in [0.717, 1.165) is 22.2 Å². The Kier molecular flexibility index (Phi) is 4.11. The van der Waals surface area contributed by atoms with Gasteiger partial charge in [0.25, 0.3) is 0 Å². The van der Waals surface area contributed by atoms with Crippen molar-refractivity contribution in [3.63, 3.8) is 0 Å². The van der Waals surface area contributed by atoms with Crippen molar-refractivity contribution in [1.82, 2.24) is 0 Å². The van der Waals surface area contributed by atoms with E-state index in [2.05, 4.69) is 14.6 Å². The first kappa shape index (κ1) is 12.8. The SMILES string of the molecule is CC(=O)Cc1ccc(Nc2ccc(P)cc2)cc1. The molecule has 2 nitrogen and oxygen atoms in total. The molecule has 2 aromatic carbocycles. The lowest BCUT2D eigenvalue weighted by atomic mass is 10.1. The van der Waals surface area contributed by atoms with Crippen molar-refractivity contribution in [3.05, 3.63) is 54.1 Å². The highest BCUT2D eigenvalue weighted by molar-refractivity contribution is 7.27. The number of anilines is 2. The summed E-state index contributed by atoms with van der Waals surface area (Å²) in [7, 11) is 2.66. The molecule has 0 bridgehead atoms. The first-order valence-corrected chi connectivity index (χ1v) is 6.42. The Morgan fingerprint density at radius 3 is 2.00 bits per heavy atom. The summed E-state index contributed by atoms with van der Waals surface area (Å²) >= 11 is 0. The molecule has 0 heterocycles. The van der Waals surface area contributed by atoms with E-state index in [9.17, 15) is 4.79 Å². The Labute approximate surface area is 110 Å². The molecule has 2 aromatic rings. The second kappa shape index (κ2) is 5.79. The largest absolute Gasteiger partial charge is 0.356 e. The number of rotatable bonds is 4. The van der Waals surface area contributed by atoms with Gasteiger partial charge in [0.05, 0.1) is 0 Å². The molecule has 2 rings (SSSR count). The van der Waals surface area contributed by atoms with Gasteiger partial charge in [0.1, 0.15) is 5.78 Å². The molecule has 0 spiro atoms. The summed E-state index contributed by atoms with van der Waals surface area (Å²) in [6, 6.07) is 16.1. The van der Waals surface area contributed by atoms with E-state index < -0.39 is 0 Å². The van der Waals surface area contributed by atoms with Crippen LogP contribution in [0.5, 0.6) is 0 Å². The van der Waals surface area contributed by atoms with Gasteiger partial charge < -0.3 is 5.32 Å². The molecule has 92 valence electrons. The van der Waals surface area contributed by atoms with Crippen molar-refractivity contribution >= 4 is 31.7 Å². The number of carbonyl (C=O) groups is 1. The molecule has 3 heteroatoms. The number of hydrogen-bond donors (Lipinski definition) is 1. The van der Waals surface area contributed by atoms with Gasteiger partial charge in [0.2, 0.25) is 0 Å². The van der Waals surface area contributed by atoms with E-state index in [1.54, 1.807) is 6.92 Å². The summed E-state index contributed by atoms with van der Waals surface area (Å²) < 4.78 is 0. The predicted octanol–water partition coefficient (Wildman–Crippen LogP) is 3.06. The van der Waals surface area contributed by atoms with Crippen LogP contribution in [-0.2, 0) is 11.2 Å². The molecule has 0 radical (unpaired) electrons. The van der Waals surface area contributed by atoms with Gasteiger partial charge >= 0.3 is 0 Å². The summed E-state index contributed by atoms with van der Waals surface area (Å²) in [4.78, 5) is 11.0. The molecule has 1 unspecified atom stereocenters. The van der Waals surface area contributed by atoms with E-state index in [4.69, 9.17) is 0 Å². The summed E-state index contributed by atoms with van der Waals surface area (Å²) in [6.45, 7) is 1.61. The Balaban J connectivity index is 2.06.